The summed E-state index contributed by atoms with van der Waals surface area (Å²) in [6, 6.07) is 14.5. The van der Waals surface area contributed by atoms with Gasteiger partial charge < -0.3 is 14.4 Å². The van der Waals surface area contributed by atoms with Crippen LogP contribution >= 0.6 is 11.3 Å². The van der Waals surface area contributed by atoms with E-state index in [1.807, 2.05) is 34.7 Å². The van der Waals surface area contributed by atoms with Crippen LogP contribution in [0.25, 0.3) is 0 Å². The fourth-order valence-electron chi connectivity index (χ4n) is 4.99. The van der Waals surface area contributed by atoms with E-state index < -0.39 is 0 Å². The smallest absolute Gasteiger partial charge is 0.264 e. The minimum absolute atomic E-state index is 0.00184. The molecule has 1 aliphatic rings. The number of carbonyl (C=O) groups is 2. The van der Waals surface area contributed by atoms with Gasteiger partial charge >= 0.3 is 0 Å². The second-order valence-corrected chi connectivity index (χ2v) is 11.1. The molecule has 1 aliphatic carbocycles. The first-order chi connectivity index (χ1) is 17.4. The van der Waals surface area contributed by atoms with Gasteiger partial charge in [0.2, 0.25) is 5.91 Å². The Morgan fingerprint density at radius 3 is 2.47 bits per heavy atom. The van der Waals surface area contributed by atoms with Crippen molar-refractivity contribution in [3.8, 4) is 0 Å². The SMILES string of the molecule is CC(C)CN(CC(=O)N(Cc1cccn1Cc1ccc(F)cc1)C1CCCCC1)C(=O)c1cccs1. The topological polar surface area (TPSA) is 45.6 Å². The van der Waals surface area contributed by atoms with Gasteiger partial charge in [0.1, 0.15) is 12.4 Å². The number of amides is 2. The molecule has 192 valence electrons. The fraction of sp³-hybridized carbons (Fsp3) is 0.448. The molecule has 1 saturated carbocycles. The van der Waals surface area contributed by atoms with E-state index in [2.05, 4.69) is 24.5 Å². The van der Waals surface area contributed by atoms with Crippen LogP contribution in [0.1, 0.15) is 66.9 Å². The van der Waals surface area contributed by atoms with E-state index in [0.29, 0.717) is 24.5 Å². The predicted molar refractivity (Wildman–Crippen MR) is 142 cm³/mol. The Morgan fingerprint density at radius 2 is 1.81 bits per heavy atom. The van der Waals surface area contributed by atoms with Crippen LogP contribution in [0.2, 0.25) is 0 Å². The molecule has 1 aromatic carbocycles. The maximum atomic E-state index is 13.8. The van der Waals surface area contributed by atoms with E-state index >= 15 is 0 Å². The lowest BCUT2D eigenvalue weighted by atomic mass is 9.94. The monoisotopic (exact) mass is 509 g/mol. The summed E-state index contributed by atoms with van der Waals surface area (Å²) in [5, 5.41) is 1.90. The van der Waals surface area contributed by atoms with Crippen molar-refractivity contribution in [2.75, 3.05) is 13.1 Å². The number of halogens is 1. The lowest BCUT2D eigenvalue weighted by Crippen LogP contribution is -2.48. The van der Waals surface area contributed by atoms with Crippen LogP contribution < -0.4 is 0 Å². The summed E-state index contributed by atoms with van der Waals surface area (Å²) in [5.74, 6) is -0.0568. The average Bonchev–Trinajstić information content (AvgIpc) is 3.56. The third-order valence-corrected chi connectivity index (χ3v) is 7.65. The normalized spacial score (nSPS) is 14.2. The molecule has 0 bridgehead atoms. The number of aromatic nitrogens is 1. The summed E-state index contributed by atoms with van der Waals surface area (Å²) in [6.45, 7) is 5.89. The quantitative estimate of drug-likeness (QED) is 0.327. The molecule has 1 fully saturated rings. The van der Waals surface area contributed by atoms with Gasteiger partial charge in [0.15, 0.2) is 0 Å². The van der Waals surface area contributed by atoms with Crippen molar-refractivity contribution in [1.29, 1.82) is 0 Å². The van der Waals surface area contributed by atoms with Crippen molar-refractivity contribution in [2.45, 2.75) is 65.1 Å². The average molecular weight is 510 g/mol. The van der Waals surface area contributed by atoms with E-state index in [4.69, 9.17) is 0 Å². The number of carbonyl (C=O) groups excluding carboxylic acids is 2. The molecule has 5 nitrogen and oxygen atoms in total. The zero-order valence-electron chi connectivity index (χ0n) is 21.2. The van der Waals surface area contributed by atoms with Gasteiger partial charge in [0.25, 0.3) is 5.91 Å². The van der Waals surface area contributed by atoms with E-state index in [-0.39, 0.29) is 36.1 Å². The summed E-state index contributed by atoms with van der Waals surface area (Å²) in [6.07, 6.45) is 7.44. The molecule has 3 aromatic rings. The van der Waals surface area contributed by atoms with Gasteiger partial charge in [-0.25, -0.2) is 4.39 Å². The molecule has 0 spiro atoms. The summed E-state index contributed by atoms with van der Waals surface area (Å²) in [5.41, 5.74) is 2.05. The molecule has 0 unspecified atom stereocenters. The highest BCUT2D eigenvalue weighted by molar-refractivity contribution is 7.12. The molecular formula is C29H36FN3O2S. The molecule has 4 rings (SSSR count). The van der Waals surface area contributed by atoms with Crippen molar-refractivity contribution in [2.24, 2.45) is 5.92 Å². The highest BCUT2D eigenvalue weighted by Crippen LogP contribution is 2.25. The minimum Gasteiger partial charge on any atom is -0.345 e. The molecule has 0 radical (unpaired) electrons. The molecule has 2 amide bonds. The summed E-state index contributed by atoms with van der Waals surface area (Å²) in [7, 11) is 0. The number of hydrogen-bond donors (Lipinski definition) is 0. The Balaban J connectivity index is 1.54. The molecule has 36 heavy (non-hydrogen) atoms. The first kappa shape index (κ1) is 26.1. The van der Waals surface area contributed by atoms with E-state index in [9.17, 15) is 14.0 Å². The van der Waals surface area contributed by atoms with Crippen LogP contribution in [0.4, 0.5) is 4.39 Å². The lowest BCUT2D eigenvalue weighted by Gasteiger charge is -2.36. The zero-order chi connectivity index (χ0) is 25.5. The molecule has 0 aliphatic heterocycles. The van der Waals surface area contributed by atoms with Gasteiger partial charge in [0, 0.05) is 31.0 Å². The molecule has 2 aromatic heterocycles. The summed E-state index contributed by atoms with van der Waals surface area (Å²) >= 11 is 1.41. The zero-order valence-corrected chi connectivity index (χ0v) is 22.1. The maximum absolute atomic E-state index is 13.8. The number of hydrogen-bond acceptors (Lipinski definition) is 3. The Bertz CT molecular complexity index is 1120. The number of thiophene rings is 1. The highest BCUT2D eigenvalue weighted by atomic mass is 32.1. The number of benzene rings is 1. The van der Waals surface area contributed by atoms with Crippen LogP contribution in [0.5, 0.6) is 0 Å². The summed E-state index contributed by atoms with van der Waals surface area (Å²) in [4.78, 5) is 31.4. The molecule has 0 atom stereocenters. The third-order valence-electron chi connectivity index (χ3n) is 6.79. The molecule has 2 heterocycles. The molecular weight excluding hydrogens is 473 g/mol. The van der Waals surface area contributed by atoms with Gasteiger partial charge in [0.05, 0.1) is 11.4 Å². The van der Waals surface area contributed by atoms with Crippen molar-refractivity contribution >= 4 is 23.2 Å². The van der Waals surface area contributed by atoms with E-state index in [1.165, 1.54) is 29.9 Å². The Morgan fingerprint density at radius 1 is 1.06 bits per heavy atom. The van der Waals surface area contributed by atoms with Gasteiger partial charge in [-0.05, 0) is 60.0 Å². The van der Waals surface area contributed by atoms with Crippen LogP contribution in [-0.4, -0.2) is 45.3 Å². The van der Waals surface area contributed by atoms with Gasteiger partial charge in [-0.1, -0.05) is 51.3 Å². The first-order valence-electron chi connectivity index (χ1n) is 12.9. The van der Waals surface area contributed by atoms with Crippen LogP contribution in [0, 0.1) is 11.7 Å². The summed E-state index contributed by atoms with van der Waals surface area (Å²) < 4.78 is 15.5. The standard InChI is InChI=1S/C29H36FN3O2S/c1-22(2)18-32(29(35)27-11-7-17-36-27)21-28(34)33(25-8-4-3-5-9-25)20-26-10-6-16-31(26)19-23-12-14-24(30)15-13-23/h6-7,10-17,22,25H,3-5,8-9,18-21H2,1-2H3. The lowest BCUT2D eigenvalue weighted by molar-refractivity contribution is -0.135. The van der Waals surface area contributed by atoms with Crippen molar-refractivity contribution in [3.63, 3.8) is 0 Å². The Labute approximate surface area is 217 Å². The van der Waals surface area contributed by atoms with Crippen molar-refractivity contribution < 1.29 is 14.0 Å². The van der Waals surface area contributed by atoms with E-state index in [1.54, 1.807) is 17.0 Å². The van der Waals surface area contributed by atoms with Crippen molar-refractivity contribution in [3.05, 3.63) is 82.1 Å². The molecule has 0 N–H and O–H groups in total. The van der Waals surface area contributed by atoms with Crippen LogP contribution in [0.15, 0.2) is 60.1 Å². The van der Waals surface area contributed by atoms with Gasteiger partial charge in [-0.15, -0.1) is 11.3 Å². The van der Waals surface area contributed by atoms with E-state index in [0.717, 1.165) is 36.9 Å². The fourth-order valence-corrected chi connectivity index (χ4v) is 5.68. The minimum atomic E-state index is -0.247. The Hall–Kier alpha value is -2.93. The maximum Gasteiger partial charge on any atom is 0.264 e. The van der Waals surface area contributed by atoms with Crippen LogP contribution in [0.3, 0.4) is 0 Å². The Kier molecular flexibility index (Phi) is 8.97. The van der Waals surface area contributed by atoms with Gasteiger partial charge in [-0.2, -0.15) is 0 Å². The predicted octanol–water partition coefficient (Wildman–Crippen LogP) is 6.20. The number of nitrogens with zero attached hydrogens (tertiary/aromatic N) is 3. The first-order valence-corrected chi connectivity index (χ1v) is 13.8. The second kappa shape index (κ2) is 12.3. The highest BCUT2D eigenvalue weighted by Gasteiger charge is 2.29. The number of rotatable bonds is 10. The van der Waals surface area contributed by atoms with Gasteiger partial charge in [-0.3, -0.25) is 9.59 Å². The van der Waals surface area contributed by atoms with Crippen LogP contribution in [-0.2, 0) is 17.9 Å². The third kappa shape index (κ3) is 6.84. The van der Waals surface area contributed by atoms with Crippen molar-refractivity contribution in [1.82, 2.24) is 14.4 Å². The molecule has 7 heteroatoms. The largest absolute Gasteiger partial charge is 0.345 e. The molecule has 0 saturated heterocycles. The second-order valence-electron chi connectivity index (χ2n) is 10.1.